The van der Waals surface area contributed by atoms with Crippen LogP contribution in [0.2, 0.25) is 0 Å². The van der Waals surface area contributed by atoms with Gasteiger partial charge in [-0.2, -0.15) is 0 Å². The molecule has 0 spiro atoms. The number of rotatable bonds is 2. The van der Waals surface area contributed by atoms with E-state index in [9.17, 15) is 4.79 Å². The Morgan fingerprint density at radius 2 is 1.83 bits per heavy atom. The van der Waals surface area contributed by atoms with Crippen molar-refractivity contribution in [3.05, 3.63) is 71.9 Å². The van der Waals surface area contributed by atoms with Crippen molar-refractivity contribution in [1.82, 2.24) is 9.97 Å². The maximum absolute atomic E-state index is 11.3. The summed E-state index contributed by atoms with van der Waals surface area (Å²) in [7, 11) is 0. The first-order valence-electron chi connectivity index (χ1n) is 7.68. The molecule has 4 rings (SSSR count). The first-order chi connectivity index (χ1) is 11.7. The van der Waals surface area contributed by atoms with Crippen molar-refractivity contribution in [3.8, 4) is 17.0 Å². The van der Waals surface area contributed by atoms with Crippen LogP contribution < -0.4 is 10.1 Å². The van der Waals surface area contributed by atoms with Gasteiger partial charge in [-0.3, -0.25) is 10.1 Å². The minimum atomic E-state index is -0.275. The van der Waals surface area contributed by atoms with E-state index in [4.69, 9.17) is 4.74 Å². The normalized spacial score (nSPS) is 15.0. The Bertz CT molecular complexity index is 909. The molecule has 5 nitrogen and oxygen atoms in total. The van der Waals surface area contributed by atoms with Crippen molar-refractivity contribution in [2.45, 2.75) is 13.0 Å². The van der Waals surface area contributed by atoms with E-state index in [-0.39, 0.29) is 12.0 Å². The van der Waals surface area contributed by atoms with Crippen molar-refractivity contribution < 1.29 is 9.53 Å². The smallest absolute Gasteiger partial charge is 0.229 e. The van der Waals surface area contributed by atoms with Crippen LogP contribution in [0.3, 0.4) is 0 Å². The molecular formula is C19H15N3O2. The van der Waals surface area contributed by atoms with Gasteiger partial charge >= 0.3 is 0 Å². The second-order valence-corrected chi connectivity index (χ2v) is 5.58. The number of nitrogens with zero attached hydrogens (tertiary/aromatic N) is 2. The monoisotopic (exact) mass is 317 g/mol. The number of carbonyl (C=O) groups is 1. The van der Waals surface area contributed by atoms with Gasteiger partial charge in [0.1, 0.15) is 5.75 Å². The number of carbonyl (C=O) groups excluding carboxylic acids is 1. The summed E-state index contributed by atoms with van der Waals surface area (Å²) in [6, 6.07) is 17.7. The van der Waals surface area contributed by atoms with E-state index in [2.05, 4.69) is 15.3 Å². The van der Waals surface area contributed by atoms with E-state index < -0.39 is 0 Å². The quantitative estimate of drug-likeness (QED) is 0.784. The predicted molar refractivity (Wildman–Crippen MR) is 90.7 cm³/mol. The summed E-state index contributed by atoms with van der Waals surface area (Å²) >= 11 is 0. The second kappa shape index (κ2) is 5.77. The first kappa shape index (κ1) is 14.4. The molecule has 1 unspecified atom stereocenters. The molecule has 1 aliphatic heterocycles. The lowest BCUT2D eigenvalue weighted by Crippen LogP contribution is -2.18. The second-order valence-electron chi connectivity index (χ2n) is 5.58. The minimum absolute atomic E-state index is 0.199. The van der Waals surface area contributed by atoms with E-state index in [1.165, 1.54) is 6.92 Å². The average Bonchev–Trinajstić information content (AvgIpc) is 2.61. The van der Waals surface area contributed by atoms with E-state index in [1.54, 1.807) is 6.20 Å². The zero-order valence-electron chi connectivity index (χ0n) is 13.1. The minimum Gasteiger partial charge on any atom is -0.480 e. The van der Waals surface area contributed by atoms with Crippen LogP contribution in [0.5, 0.6) is 5.75 Å². The van der Waals surface area contributed by atoms with Gasteiger partial charge in [-0.25, -0.2) is 9.97 Å². The van der Waals surface area contributed by atoms with Crippen LogP contribution in [0.25, 0.3) is 11.3 Å². The van der Waals surface area contributed by atoms with Crippen molar-refractivity contribution in [2.75, 3.05) is 5.32 Å². The number of amides is 1. The van der Waals surface area contributed by atoms with Gasteiger partial charge in [0.15, 0.2) is 6.10 Å². The number of benzene rings is 2. The fourth-order valence-electron chi connectivity index (χ4n) is 2.85. The molecule has 3 aromatic rings. The highest BCUT2D eigenvalue weighted by molar-refractivity contribution is 5.87. The fourth-order valence-corrected chi connectivity index (χ4v) is 2.85. The Balaban J connectivity index is 1.88. The largest absolute Gasteiger partial charge is 0.480 e. The molecule has 1 aliphatic rings. The number of fused-ring (bicyclic) bond motifs is 3. The van der Waals surface area contributed by atoms with Crippen molar-refractivity contribution in [1.29, 1.82) is 0 Å². The van der Waals surface area contributed by atoms with Gasteiger partial charge in [-0.15, -0.1) is 0 Å². The number of hydrogen-bond donors (Lipinski definition) is 1. The molecular weight excluding hydrogens is 302 g/mol. The highest BCUT2D eigenvalue weighted by Gasteiger charge is 2.29. The van der Waals surface area contributed by atoms with Crippen LogP contribution in [0, 0.1) is 0 Å². The Hall–Kier alpha value is -3.21. The fraction of sp³-hybridized carbons (Fsp3) is 0.105. The topological polar surface area (TPSA) is 64.1 Å². The molecule has 2 heterocycles. The molecule has 0 saturated heterocycles. The maximum Gasteiger partial charge on any atom is 0.229 e. The lowest BCUT2D eigenvalue weighted by molar-refractivity contribution is -0.114. The van der Waals surface area contributed by atoms with E-state index in [0.29, 0.717) is 5.95 Å². The van der Waals surface area contributed by atoms with Crippen molar-refractivity contribution in [3.63, 3.8) is 0 Å². The summed E-state index contributed by atoms with van der Waals surface area (Å²) in [4.78, 5) is 20.1. The van der Waals surface area contributed by atoms with Crippen LogP contribution in [0.15, 0.2) is 60.8 Å². The van der Waals surface area contributed by atoms with Gasteiger partial charge in [-0.1, -0.05) is 42.5 Å². The first-order valence-corrected chi connectivity index (χ1v) is 7.68. The summed E-state index contributed by atoms with van der Waals surface area (Å²) in [6.07, 6.45) is 1.45. The van der Waals surface area contributed by atoms with Gasteiger partial charge in [0.05, 0.1) is 5.69 Å². The van der Waals surface area contributed by atoms with Crippen LogP contribution in [-0.4, -0.2) is 15.9 Å². The summed E-state index contributed by atoms with van der Waals surface area (Å²) in [6.45, 7) is 1.44. The number of para-hydroxylation sites is 1. The van der Waals surface area contributed by atoms with E-state index in [0.717, 1.165) is 28.1 Å². The molecule has 1 N–H and O–H groups in total. The maximum atomic E-state index is 11.3. The van der Waals surface area contributed by atoms with Gasteiger partial charge in [0.25, 0.3) is 0 Å². The van der Waals surface area contributed by atoms with Crippen LogP contribution in [0.4, 0.5) is 5.95 Å². The number of hydrogen-bond acceptors (Lipinski definition) is 4. The molecule has 1 amide bonds. The van der Waals surface area contributed by atoms with Crippen LogP contribution >= 0.6 is 0 Å². The third kappa shape index (κ3) is 2.50. The molecule has 1 atom stereocenters. The van der Waals surface area contributed by atoms with Gasteiger partial charge in [0, 0.05) is 24.2 Å². The molecule has 24 heavy (non-hydrogen) atoms. The molecule has 118 valence electrons. The molecule has 2 aromatic carbocycles. The van der Waals surface area contributed by atoms with Crippen molar-refractivity contribution in [2.24, 2.45) is 0 Å². The predicted octanol–water partition coefficient (Wildman–Crippen LogP) is 3.58. The Labute approximate surface area is 139 Å². The lowest BCUT2D eigenvalue weighted by atomic mass is 9.94. The Morgan fingerprint density at radius 3 is 2.62 bits per heavy atom. The Kier molecular flexibility index (Phi) is 3.46. The molecule has 0 radical (unpaired) electrons. The molecule has 1 aromatic heterocycles. The third-order valence-corrected chi connectivity index (χ3v) is 3.88. The van der Waals surface area contributed by atoms with Gasteiger partial charge in [-0.05, 0) is 17.7 Å². The highest BCUT2D eigenvalue weighted by Crippen LogP contribution is 2.43. The summed E-state index contributed by atoms with van der Waals surface area (Å²) in [5.41, 5.74) is 3.59. The van der Waals surface area contributed by atoms with Gasteiger partial charge < -0.3 is 4.74 Å². The molecule has 0 bridgehead atoms. The molecule has 0 fully saturated rings. The lowest BCUT2D eigenvalue weighted by Gasteiger charge is -2.28. The van der Waals surface area contributed by atoms with Crippen LogP contribution in [-0.2, 0) is 4.79 Å². The Morgan fingerprint density at radius 1 is 1.08 bits per heavy atom. The highest BCUT2D eigenvalue weighted by atomic mass is 16.5. The summed E-state index contributed by atoms with van der Waals surface area (Å²) in [5, 5.41) is 2.64. The zero-order valence-corrected chi connectivity index (χ0v) is 13.1. The van der Waals surface area contributed by atoms with E-state index in [1.807, 2.05) is 54.6 Å². The summed E-state index contributed by atoms with van der Waals surface area (Å²) in [5.74, 6) is 0.867. The number of anilines is 1. The molecule has 5 heteroatoms. The number of nitrogens with one attached hydrogen (secondary N) is 1. The van der Waals surface area contributed by atoms with Gasteiger partial charge in [0.2, 0.25) is 11.9 Å². The summed E-state index contributed by atoms with van der Waals surface area (Å²) < 4.78 is 6.20. The average molecular weight is 317 g/mol. The third-order valence-electron chi connectivity index (χ3n) is 3.88. The van der Waals surface area contributed by atoms with E-state index >= 15 is 0 Å². The standard InChI is InChI=1S/C19H15N3O2/c1-12(23)21-19-20-11-15-17(22-19)14-9-5-6-10-16(14)24-18(15)13-7-3-2-4-8-13/h2-11,18H,1H3,(H,20,21,22,23). The van der Waals surface area contributed by atoms with Crippen LogP contribution in [0.1, 0.15) is 24.2 Å². The number of aromatic nitrogens is 2. The molecule has 0 aliphatic carbocycles. The van der Waals surface area contributed by atoms with Crippen molar-refractivity contribution >= 4 is 11.9 Å². The zero-order chi connectivity index (χ0) is 16.5. The molecule has 0 saturated carbocycles. The number of ether oxygens (including phenoxy) is 1. The SMILES string of the molecule is CC(=O)Nc1ncc2c(n1)-c1ccccc1OC2c1ccccc1.